The molecule has 86 valence electrons. The molecule has 0 aliphatic heterocycles. The number of allylic oxidation sites excluding steroid dienone is 1. The Morgan fingerprint density at radius 3 is 2.94 bits per heavy atom. The van der Waals surface area contributed by atoms with Gasteiger partial charge in [-0.1, -0.05) is 29.8 Å². The summed E-state index contributed by atoms with van der Waals surface area (Å²) in [5.41, 5.74) is 1.13. The van der Waals surface area contributed by atoms with Crippen LogP contribution in [0.15, 0.2) is 36.4 Å². The maximum absolute atomic E-state index is 11.3. The topological polar surface area (TPSA) is 29.1 Å². The third-order valence-corrected chi connectivity index (χ3v) is 2.37. The van der Waals surface area contributed by atoms with Crippen LogP contribution in [0.2, 0.25) is 5.02 Å². The second-order valence-corrected chi connectivity index (χ2v) is 4.18. The predicted molar refractivity (Wildman–Crippen MR) is 67.6 cm³/mol. The van der Waals surface area contributed by atoms with E-state index in [-0.39, 0.29) is 11.9 Å². The van der Waals surface area contributed by atoms with Crippen molar-refractivity contribution in [2.24, 2.45) is 0 Å². The fourth-order valence-electron chi connectivity index (χ4n) is 1.51. The lowest BCUT2D eigenvalue weighted by Gasteiger charge is -2.12. The van der Waals surface area contributed by atoms with E-state index in [0.29, 0.717) is 0 Å². The van der Waals surface area contributed by atoms with Gasteiger partial charge in [0.1, 0.15) is 0 Å². The van der Waals surface area contributed by atoms with Crippen molar-refractivity contribution in [3.8, 4) is 0 Å². The van der Waals surface area contributed by atoms with Crippen LogP contribution < -0.4 is 5.32 Å². The van der Waals surface area contributed by atoms with Crippen molar-refractivity contribution in [1.82, 2.24) is 5.32 Å². The van der Waals surface area contributed by atoms with Gasteiger partial charge in [0.2, 0.25) is 5.91 Å². The molecule has 0 saturated heterocycles. The highest BCUT2D eigenvalue weighted by Crippen LogP contribution is 2.12. The minimum Gasteiger partial charge on any atom is -0.350 e. The monoisotopic (exact) mass is 237 g/mol. The van der Waals surface area contributed by atoms with Gasteiger partial charge in [-0.25, -0.2) is 0 Å². The Hall–Kier alpha value is -1.28. The van der Waals surface area contributed by atoms with Gasteiger partial charge in [-0.15, -0.1) is 0 Å². The standard InChI is InChI=1S/C13H16ClNO/c1-3-5-13(16)15-10(2)8-11-6-4-7-12(14)9-11/h3-7,9-10H,8H2,1-2H3,(H,15,16). The van der Waals surface area contributed by atoms with E-state index in [4.69, 9.17) is 11.6 Å². The Labute approximate surface area is 101 Å². The van der Waals surface area contributed by atoms with E-state index in [9.17, 15) is 4.79 Å². The maximum Gasteiger partial charge on any atom is 0.243 e. The highest BCUT2D eigenvalue weighted by molar-refractivity contribution is 6.30. The number of halogens is 1. The van der Waals surface area contributed by atoms with Gasteiger partial charge < -0.3 is 5.32 Å². The fraction of sp³-hybridized carbons (Fsp3) is 0.308. The van der Waals surface area contributed by atoms with Crippen LogP contribution in [0.25, 0.3) is 0 Å². The zero-order valence-electron chi connectivity index (χ0n) is 9.53. The predicted octanol–water partition coefficient (Wildman–Crippen LogP) is 2.96. The first-order valence-corrected chi connectivity index (χ1v) is 5.67. The summed E-state index contributed by atoms with van der Waals surface area (Å²) < 4.78 is 0. The molecule has 1 unspecified atom stereocenters. The van der Waals surface area contributed by atoms with Crippen LogP contribution in [0.3, 0.4) is 0 Å². The molecule has 0 radical (unpaired) electrons. The van der Waals surface area contributed by atoms with Crippen LogP contribution in [0.4, 0.5) is 0 Å². The van der Waals surface area contributed by atoms with Crippen molar-refractivity contribution in [2.45, 2.75) is 26.3 Å². The summed E-state index contributed by atoms with van der Waals surface area (Å²) in [5, 5.41) is 3.61. The first-order valence-electron chi connectivity index (χ1n) is 5.29. The van der Waals surface area contributed by atoms with Gasteiger partial charge in [0.25, 0.3) is 0 Å². The highest BCUT2D eigenvalue weighted by atomic mass is 35.5. The van der Waals surface area contributed by atoms with Gasteiger partial charge in [0.05, 0.1) is 0 Å². The number of benzene rings is 1. The van der Waals surface area contributed by atoms with Crippen molar-refractivity contribution in [3.63, 3.8) is 0 Å². The summed E-state index contributed by atoms with van der Waals surface area (Å²) in [6.45, 7) is 3.80. The van der Waals surface area contributed by atoms with Crippen molar-refractivity contribution in [3.05, 3.63) is 47.0 Å². The molecule has 1 N–H and O–H groups in total. The fourth-order valence-corrected chi connectivity index (χ4v) is 1.72. The van der Waals surface area contributed by atoms with Gasteiger partial charge in [-0.05, 0) is 44.0 Å². The molecule has 2 nitrogen and oxygen atoms in total. The molecule has 0 saturated carbocycles. The smallest absolute Gasteiger partial charge is 0.243 e. The quantitative estimate of drug-likeness (QED) is 0.802. The van der Waals surface area contributed by atoms with Gasteiger partial charge in [0.15, 0.2) is 0 Å². The van der Waals surface area contributed by atoms with Crippen LogP contribution in [0.1, 0.15) is 19.4 Å². The third kappa shape index (κ3) is 4.49. The third-order valence-electron chi connectivity index (χ3n) is 2.14. The first-order chi connectivity index (χ1) is 7.61. The van der Waals surface area contributed by atoms with E-state index in [1.54, 1.807) is 6.08 Å². The Morgan fingerprint density at radius 2 is 2.31 bits per heavy atom. The zero-order valence-corrected chi connectivity index (χ0v) is 10.3. The highest BCUT2D eigenvalue weighted by Gasteiger charge is 2.05. The van der Waals surface area contributed by atoms with Gasteiger partial charge in [-0.3, -0.25) is 4.79 Å². The molecule has 1 rings (SSSR count). The Kier molecular flexibility index (Phi) is 5.06. The van der Waals surface area contributed by atoms with Crippen molar-refractivity contribution < 1.29 is 4.79 Å². The number of carbonyl (C=O) groups excluding carboxylic acids is 1. The number of nitrogens with one attached hydrogen (secondary N) is 1. The first kappa shape index (κ1) is 12.8. The minimum atomic E-state index is -0.0583. The lowest BCUT2D eigenvalue weighted by molar-refractivity contribution is -0.117. The Balaban J connectivity index is 2.51. The molecule has 0 aromatic heterocycles. The molecular weight excluding hydrogens is 222 g/mol. The lowest BCUT2D eigenvalue weighted by atomic mass is 10.1. The molecule has 1 aromatic rings. The summed E-state index contributed by atoms with van der Waals surface area (Å²) in [6.07, 6.45) is 4.03. The van der Waals surface area contributed by atoms with Crippen molar-refractivity contribution in [1.29, 1.82) is 0 Å². The zero-order chi connectivity index (χ0) is 12.0. The van der Waals surface area contributed by atoms with Gasteiger partial charge in [-0.2, -0.15) is 0 Å². The van der Waals surface area contributed by atoms with Crippen LogP contribution in [-0.4, -0.2) is 11.9 Å². The molecule has 0 heterocycles. The minimum absolute atomic E-state index is 0.0583. The van der Waals surface area contributed by atoms with E-state index < -0.39 is 0 Å². The van der Waals surface area contributed by atoms with E-state index in [1.165, 1.54) is 6.08 Å². The molecule has 1 atom stereocenters. The summed E-state index contributed by atoms with van der Waals surface area (Å²) >= 11 is 5.89. The summed E-state index contributed by atoms with van der Waals surface area (Å²) in [4.78, 5) is 11.3. The number of amides is 1. The van der Waals surface area contributed by atoms with Gasteiger partial charge >= 0.3 is 0 Å². The number of hydrogen-bond acceptors (Lipinski definition) is 1. The molecule has 1 aromatic carbocycles. The van der Waals surface area contributed by atoms with E-state index in [0.717, 1.165) is 17.0 Å². The normalized spacial score (nSPS) is 12.7. The van der Waals surface area contributed by atoms with Crippen molar-refractivity contribution in [2.75, 3.05) is 0 Å². The average molecular weight is 238 g/mol. The molecule has 3 heteroatoms. The second-order valence-electron chi connectivity index (χ2n) is 3.74. The second kappa shape index (κ2) is 6.33. The Bertz CT molecular complexity index is 387. The molecule has 16 heavy (non-hydrogen) atoms. The van der Waals surface area contributed by atoms with Crippen LogP contribution in [0, 0.1) is 0 Å². The molecular formula is C13H16ClNO. The van der Waals surface area contributed by atoms with Crippen LogP contribution >= 0.6 is 11.6 Å². The molecule has 0 spiro atoms. The average Bonchev–Trinajstić information content (AvgIpc) is 2.17. The number of hydrogen-bond donors (Lipinski definition) is 1. The molecule has 1 amide bonds. The summed E-state index contributed by atoms with van der Waals surface area (Å²) in [7, 11) is 0. The Morgan fingerprint density at radius 1 is 1.56 bits per heavy atom. The molecule has 0 aliphatic carbocycles. The largest absolute Gasteiger partial charge is 0.350 e. The van der Waals surface area contributed by atoms with E-state index >= 15 is 0 Å². The van der Waals surface area contributed by atoms with Crippen LogP contribution in [0.5, 0.6) is 0 Å². The van der Waals surface area contributed by atoms with E-state index in [1.807, 2.05) is 38.1 Å². The van der Waals surface area contributed by atoms with Crippen LogP contribution in [-0.2, 0) is 11.2 Å². The molecule has 0 bridgehead atoms. The number of carbonyl (C=O) groups is 1. The van der Waals surface area contributed by atoms with Gasteiger partial charge in [0, 0.05) is 11.1 Å². The summed E-state index contributed by atoms with van der Waals surface area (Å²) in [5.74, 6) is -0.0583. The van der Waals surface area contributed by atoms with E-state index in [2.05, 4.69) is 5.32 Å². The summed E-state index contributed by atoms with van der Waals surface area (Å²) in [6, 6.07) is 7.78. The molecule has 0 fully saturated rings. The van der Waals surface area contributed by atoms with Crippen molar-refractivity contribution >= 4 is 17.5 Å². The molecule has 0 aliphatic rings. The lowest BCUT2D eigenvalue weighted by Crippen LogP contribution is -2.32. The number of rotatable bonds is 4. The SMILES string of the molecule is CC=CC(=O)NC(C)Cc1cccc(Cl)c1. The maximum atomic E-state index is 11.3.